The molecule has 0 unspecified atom stereocenters. The second-order valence-electron chi connectivity index (χ2n) is 5.29. The lowest BCUT2D eigenvalue weighted by Crippen LogP contribution is -2.14. The second-order valence-corrected chi connectivity index (χ2v) is 7.03. The number of amides is 2. The largest absolute Gasteiger partial charge is 0.494 e. The van der Waals surface area contributed by atoms with Gasteiger partial charge < -0.3 is 10.1 Å². The Labute approximate surface area is 169 Å². The number of hydrogen-bond donors (Lipinski definition) is 2. The van der Waals surface area contributed by atoms with E-state index in [1.807, 2.05) is 0 Å². The molecule has 3 rings (SSSR count). The molecule has 0 radical (unpaired) electrons. The molecule has 9 heteroatoms. The number of aromatic nitrogens is 1. The number of halogens is 2. The first-order chi connectivity index (χ1) is 13.0. The van der Waals surface area contributed by atoms with Crippen LogP contribution in [0.5, 0.6) is 5.75 Å². The maximum absolute atomic E-state index is 12.5. The van der Waals surface area contributed by atoms with Gasteiger partial charge in [0.1, 0.15) is 5.75 Å². The van der Waals surface area contributed by atoms with E-state index in [1.54, 1.807) is 35.8 Å². The Kier molecular flexibility index (Phi) is 5.95. The van der Waals surface area contributed by atoms with Crippen LogP contribution in [0.2, 0.25) is 10.0 Å². The van der Waals surface area contributed by atoms with Gasteiger partial charge in [-0.15, -0.1) is 11.3 Å². The number of thiazole rings is 1. The number of carbonyl (C=O) groups is 2. The van der Waals surface area contributed by atoms with Gasteiger partial charge in [0, 0.05) is 27.9 Å². The highest BCUT2D eigenvalue weighted by Crippen LogP contribution is 2.32. The van der Waals surface area contributed by atoms with Gasteiger partial charge in [-0.25, -0.2) is 4.98 Å². The van der Waals surface area contributed by atoms with E-state index in [1.165, 1.54) is 30.6 Å². The molecule has 0 saturated heterocycles. The third-order valence-corrected chi connectivity index (χ3v) is 4.70. The first-order valence-corrected chi connectivity index (χ1v) is 9.27. The van der Waals surface area contributed by atoms with E-state index in [2.05, 4.69) is 15.6 Å². The first-order valence-electron chi connectivity index (χ1n) is 7.63. The van der Waals surface area contributed by atoms with Gasteiger partial charge in [-0.1, -0.05) is 23.2 Å². The standard InChI is InChI=1S/C18H13Cl2N3O3S/c1-26-15-13(8-11(19)9-14(15)20)17(25)22-12-4-2-10(3-5-12)16(24)23-18-21-6-7-27-18/h2-9H,1H3,(H,22,25)(H,21,23,24). The number of anilines is 2. The van der Waals surface area contributed by atoms with Crippen LogP contribution in [0.1, 0.15) is 20.7 Å². The lowest BCUT2D eigenvalue weighted by molar-refractivity contribution is 0.101. The number of ether oxygens (including phenoxy) is 1. The summed E-state index contributed by atoms with van der Waals surface area (Å²) < 4.78 is 5.18. The van der Waals surface area contributed by atoms with Gasteiger partial charge in [-0.3, -0.25) is 14.9 Å². The summed E-state index contributed by atoms with van der Waals surface area (Å²) in [6.07, 6.45) is 1.61. The molecule has 0 spiro atoms. The summed E-state index contributed by atoms with van der Waals surface area (Å²) in [6, 6.07) is 9.40. The Morgan fingerprint density at radius 1 is 1.07 bits per heavy atom. The SMILES string of the molecule is COc1c(Cl)cc(Cl)cc1C(=O)Nc1ccc(C(=O)Nc2nccs2)cc1. The average molecular weight is 422 g/mol. The molecule has 1 aromatic heterocycles. The van der Waals surface area contributed by atoms with E-state index < -0.39 is 5.91 Å². The minimum Gasteiger partial charge on any atom is -0.494 e. The first kappa shape index (κ1) is 19.2. The van der Waals surface area contributed by atoms with Crippen LogP contribution in [0.3, 0.4) is 0 Å². The summed E-state index contributed by atoms with van der Waals surface area (Å²) >= 11 is 13.4. The van der Waals surface area contributed by atoms with Crippen LogP contribution < -0.4 is 15.4 Å². The molecule has 1 heterocycles. The quantitative estimate of drug-likeness (QED) is 0.609. The van der Waals surface area contributed by atoms with Crippen molar-refractivity contribution in [2.24, 2.45) is 0 Å². The van der Waals surface area contributed by atoms with Crippen molar-refractivity contribution in [3.05, 3.63) is 69.1 Å². The summed E-state index contributed by atoms with van der Waals surface area (Å²) in [7, 11) is 1.42. The van der Waals surface area contributed by atoms with Gasteiger partial charge in [0.2, 0.25) is 0 Å². The summed E-state index contributed by atoms with van der Waals surface area (Å²) in [4.78, 5) is 28.7. The summed E-state index contributed by atoms with van der Waals surface area (Å²) in [5, 5.41) is 8.25. The lowest BCUT2D eigenvalue weighted by atomic mass is 10.1. The fraction of sp³-hybridized carbons (Fsp3) is 0.0556. The highest BCUT2D eigenvalue weighted by molar-refractivity contribution is 7.13. The molecule has 0 fully saturated rings. The van der Waals surface area contributed by atoms with Gasteiger partial charge >= 0.3 is 0 Å². The van der Waals surface area contributed by atoms with Crippen molar-refractivity contribution in [3.8, 4) is 5.75 Å². The van der Waals surface area contributed by atoms with Crippen molar-refractivity contribution in [3.63, 3.8) is 0 Å². The Balaban J connectivity index is 1.73. The fourth-order valence-electron chi connectivity index (χ4n) is 2.29. The Hall–Kier alpha value is -2.61. The van der Waals surface area contributed by atoms with Gasteiger partial charge in [-0.05, 0) is 36.4 Å². The molecule has 2 aromatic carbocycles. The number of rotatable bonds is 5. The number of nitrogens with one attached hydrogen (secondary N) is 2. The summed E-state index contributed by atoms with van der Waals surface area (Å²) in [6.45, 7) is 0. The summed E-state index contributed by atoms with van der Waals surface area (Å²) in [5.41, 5.74) is 1.15. The molecule has 2 N–H and O–H groups in total. The van der Waals surface area contributed by atoms with E-state index in [4.69, 9.17) is 27.9 Å². The molecular formula is C18H13Cl2N3O3S. The van der Waals surface area contributed by atoms with Crippen LogP contribution in [0.4, 0.5) is 10.8 Å². The number of methoxy groups -OCH3 is 1. The molecule has 2 amide bonds. The lowest BCUT2D eigenvalue weighted by Gasteiger charge is -2.12. The number of hydrogen-bond acceptors (Lipinski definition) is 5. The highest BCUT2D eigenvalue weighted by Gasteiger charge is 2.17. The van der Waals surface area contributed by atoms with Gasteiger partial charge in [0.25, 0.3) is 11.8 Å². The van der Waals surface area contributed by atoms with Crippen LogP contribution in [0, 0.1) is 0 Å². The number of benzene rings is 2. The van der Waals surface area contributed by atoms with E-state index in [0.717, 1.165) is 0 Å². The third-order valence-electron chi connectivity index (χ3n) is 3.51. The predicted octanol–water partition coefficient (Wildman–Crippen LogP) is 4.96. The van der Waals surface area contributed by atoms with Gasteiger partial charge in [0.15, 0.2) is 5.13 Å². The van der Waals surface area contributed by atoms with E-state index >= 15 is 0 Å². The molecule has 0 aliphatic carbocycles. The normalized spacial score (nSPS) is 10.3. The van der Waals surface area contributed by atoms with Crippen molar-refractivity contribution in [1.29, 1.82) is 0 Å². The molecule has 0 aliphatic rings. The Morgan fingerprint density at radius 3 is 2.44 bits per heavy atom. The van der Waals surface area contributed by atoms with Crippen molar-refractivity contribution >= 4 is 57.2 Å². The molecule has 3 aromatic rings. The van der Waals surface area contributed by atoms with Crippen LogP contribution in [-0.2, 0) is 0 Å². The minimum atomic E-state index is -0.434. The highest BCUT2D eigenvalue weighted by atomic mass is 35.5. The van der Waals surface area contributed by atoms with Crippen molar-refractivity contribution in [2.75, 3.05) is 17.7 Å². The van der Waals surface area contributed by atoms with Crippen molar-refractivity contribution in [2.45, 2.75) is 0 Å². The second kappa shape index (κ2) is 8.39. The maximum atomic E-state index is 12.5. The zero-order valence-electron chi connectivity index (χ0n) is 14.0. The summed E-state index contributed by atoms with van der Waals surface area (Å²) in [5.74, 6) is -0.486. The molecule has 0 saturated carbocycles. The van der Waals surface area contributed by atoms with Crippen LogP contribution in [0.15, 0.2) is 48.0 Å². The molecule has 6 nitrogen and oxygen atoms in total. The number of nitrogens with zero attached hydrogens (tertiary/aromatic N) is 1. The minimum absolute atomic E-state index is 0.209. The monoisotopic (exact) mass is 421 g/mol. The van der Waals surface area contributed by atoms with Crippen molar-refractivity contribution in [1.82, 2.24) is 4.98 Å². The molecule has 0 aliphatic heterocycles. The number of carbonyl (C=O) groups excluding carboxylic acids is 2. The molecule has 0 atom stereocenters. The average Bonchev–Trinajstić information content (AvgIpc) is 3.14. The zero-order chi connectivity index (χ0) is 19.4. The van der Waals surface area contributed by atoms with E-state index in [-0.39, 0.29) is 22.2 Å². The molecular weight excluding hydrogens is 409 g/mol. The molecule has 27 heavy (non-hydrogen) atoms. The van der Waals surface area contributed by atoms with Crippen molar-refractivity contribution < 1.29 is 14.3 Å². The maximum Gasteiger partial charge on any atom is 0.259 e. The fourth-order valence-corrected chi connectivity index (χ4v) is 3.39. The third kappa shape index (κ3) is 4.57. The van der Waals surface area contributed by atoms with E-state index in [0.29, 0.717) is 21.4 Å². The van der Waals surface area contributed by atoms with Crippen LogP contribution >= 0.6 is 34.5 Å². The van der Waals surface area contributed by atoms with Gasteiger partial charge in [0.05, 0.1) is 17.7 Å². The smallest absolute Gasteiger partial charge is 0.259 e. The van der Waals surface area contributed by atoms with Crippen LogP contribution in [-0.4, -0.2) is 23.9 Å². The molecule has 0 bridgehead atoms. The Morgan fingerprint density at radius 2 is 1.81 bits per heavy atom. The molecule has 138 valence electrons. The Bertz CT molecular complexity index is 976. The topological polar surface area (TPSA) is 80.3 Å². The van der Waals surface area contributed by atoms with Crippen LogP contribution in [0.25, 0.3) is 0 Å². The zero-order valence-corrected chi connectivity index (χ0v) is 16.3. The van der Waals surface area contributed by atoms with Gasteiger partial charge in [-0.2, -0.15) is 0 Å². The van der Waals surface area contributed by atoms with E-state index in [9.17, 15) is 9.59 Å². The predicted molar refractivity (Wildman–Crippen MR) is 107 cm³/mol.